The molecule has 0 aliphatic rings. The third-order valence-corrected chi connectivity index (χ3v) is 2.80. The molecule has 0 spiro atoms. The van der Waals surface area contributed by atoms with Crippen LogP contribution in [0.1, 0.15) is 5.56 Å². The minimum atomic E-state index is 0.614. The Balaban J connectivity index is 3.20. The highest BCUT2D eigenvalue weighted by molar-refractivity contribution is 8.04. The number of halogens is 2. The summed E-state index contributed by atoms with van der Waals surface area (Å²) in [6.07, 6.45) is 5.16. The first-order valence-electron chi connectivity index (χ1n) is 3.23. The third-order valence-electron chi connectivity index (χ3n) is 1.43. The Morgan fingerprint density at radius 3 is 2.67 bits per heavy atom. The van der Waals surface area contributed by atoms with Gasteiger partial charge in [-0.3, -0.25) is 0 Å². The molecule has 0 nitrogen and oxygen atoms in total. The fraction of sp³-hybridized carbons (Fsp3) is 0.111. The molecule has 0 bridgehead atoms. The van der Waals surface area contributed by atoms with Gasteiger partial charge in [-0.2, -0.15) is 0 Å². The molecule has 0 fully saturated rings. The second-order valence-corrected chi connectivity index (χ2v) is 3.95. The second kappa shape index (κ2) is 4.09. The maximum atomic E-state index is 5.89. The zero-order chi connectivity index (χ0) is 9.14. The van der Waals surface area contributed by atoms with Crippen LogP contribution < -0.4 is 0 Å². The van der Waals surface area contributed by atoms with Gasteiger partial charge in [-0.15, -0.1) is 6.42 Å². The van der Waals surface area contributed by atoms with Crippen molar-refractivity contribution in [1.29, 1.82) is 0 Å². The lowest BCUT2D eigenvalue weighted by atomic mass is 10.2. The second-order valence-electron chi connectivity index (χ2n) is 2.23. The van der Waals surface area contributed by atoms with Gasteiger partial charge in [0, 0.05) is 14.9 Å². The number of hydrogen-bond acceptors (Lipinski definition) is 1. The average molecular weight is 217 g/mol. The Morgan fingerprint density at radius 2 is 2.08 bits per heavy atom. The molecule has 0 radical (unpaired) electrons. The van der Waals surface area contributed by atoms with Crippen LogP contribution in [0.3, 0.4) is 0 Å². The molecule has 0 N–H and O–H groups in total. The van der Waals surface area contributed by atoms with E-state index in [1.165, 1.54) is 11.8 Å². The van der Waals surface area contributed by atoms with Gasteiger partial charge in [0.2, 0.25) is 0 Å². The SMILES string of the molecule is C#CSc1cc(Cl)cc(Cl)c1C. The van der Waals surface area contributed by atoms with Crippen LogP contribution >= 0.6 is 35.0 Å². The molecule has 0 heterocycles. The lowest BCUT2D eigenvalue weighted by molar-refractivity contribution is 1.31. The molecule has 62 valence electrons. The van der Waals surface area contributed by atoms with E-state index in [-0.39, 0.29) is 0 Å². The summed E-state index contributed by atoms with van der Waals surface area (Å²) < 4.78 is 0. The molecular formula is C9H6Cl2S. The summed E-state index contributed by atoms with van der Waals surface area (Å²) >= 11 is 13.0. The van der Waals surface area contributed by atoms with Crippen molar-refractivity contribution in [2.75, 3.05) is 0 Å². The summed E-state index contributed by atoms with van der Waals surface area (Å²) in [5, 5.41) is 3.75. The van der Waals surface area contributed by atoms with E-state index < -0.39 is 0 Å². The molecule has 0 atom stereocenters. The van der Waals surface area contributed by atoms with Crippen LogP contribution in [-0.4, -0.2) is 0 Å². The summed E-state index contributed by atoms with van der Waals surface area (Å²) in [6.45, 7) is 1.92. The molecule has 0 unspecified atom stereocenters. The van der Waals surface area contributed by atoms with Gasteiger partial charge in [0.15, 0.2) is 0 Å². The van der Waals surface area contributed by atoms with E-state index in [1.807, 2.05) is 13.0 Å². The Morgan fingerprint density at radius 1 is 1.42 bits per heavy atom. The largest absolute Gasteiger partial charge is 0.108 e. The van der Waals surface area contributed by atoms with Crippen molar-refractivity contribution in [2.45, 2.75) is 11.8 Å². The van der Waals surface area contributed by atoms with Crippen molar-refractivity contribution >= 4 is 35.0 Å². The van der Waals surface area contributed by atoms with Crippen molar-refractivity contribution in [3.8, 4) is 11.7 Å². The van der Waals surface area contributed by atoms with Crippen molar-refractivity contribution < 1.29 is 0 Å². The first kappa shape index (κ1) is 9.80. The van der Waals surface area contributed by atoms with Crippen molar-refractivity contribution in [2.24, 2.45) is 0 Å². The normalized spacial score (nSPS) is 9.50. The van der Waals surface area contributed by atoms with Crippen molar-refractivity contribution in [3.05, 3.63) is 27.7 Å². The topological polar surface area (TPSA) is 0 Å². The van der Waals surface area contributed by atoms with E-state index in [2.05, 4.69) is 5.25 Å². The average Bonchev–Trinajstić information content (AvgIpc) is 2.00. The Hall–Kier alpha value is -0.290. The Bertz CT molecular complexity index is 339. The van der Waals surface area contributed by atoms with Gasteiger partial charge in [0.25, 0.3) is 0 Å². The van der Waals surface area contributed by atoms with E-state index >= 15 is 0 Å². The molecule has 1 rings (SSSR count). The summed E-state index contributed by atoms with van der Waals surface area (Å²) in [5.74, 6) is 0. The highest BCUT2D eigenvalue weighted by atomic mass is 35.5. The number of benzene rings is 1. The molecule has 1 aromatic carbocycles. The molecule has 0 aliphatic heterocycles. The molecule has 3 heteroatoms. The summed E-state index contributed by atoms with van der Waals surface area (Å²) in [5.41, 5.74) is 0.976. The molecule has 0 amide bonds. The van der Waals surface area contributed by atoms with Crippen LogP contribution in [-0.2, 0) is 0 Å². The molecule has 0 aromatic heterocycles. The molecule has 1 aromatic rings. The highest BCUT2D eigenvalue weighted by Gasteiger charge is 2.03. The smallest absolute Gasteiger partial charge is 0.0461 e. The van der Waals surface area contributed by atoms with Gasteiger partial charge in [0.1, 0.15) is 0 Å². The molecule has 0 saturated carbocycles. The van der Waals surface area contributed by atoms with Crippen LogP contribution in [0.25, 0.3) is 0 Å². The fourth-order valence-corrected chi connectivity index (χ4v) is 1.98. The summed E-state index contributed by atoms with van der Waals surface area (Å²) in [4.78, 5) is 0.940. The number of hydrogen-bond donors (Lipinski definition) is 0. The lowest BCUT2D eigenvalue weighted by Crippen LogP contribution is -1.80. The first-order valence-corrected chi connectivity index (χ1v) is 4.80. The zero-order valence-electron chi connectivity index (χ0n) is 6.40. The molecule has 0 saturated heterocycles. The van der Waals surface area contributed by atoms with Gasteiger partial charge >= 0.3 is 0 Å². The van der Waals surface area contributed by atoms with E-state index in [9.17, 15) is 0 Å². The highest BCUT2D eigenvalue weighted by Crippen LogP contribution is 2.30. The van der Waals surface area contributed by atoms with Crippen LogP contribution in [0, 0.1) is 18.6 Å². The molecule has 0 aliphatic carbocycles. The van der Waals surface area contributed by atoms with Gasteiger partial charge in [-0.1, -0.05) is 23.2 Å². The summed E-state index contributed by atoms with van der Waals surface area (Å²) in [6, 6.07) is 3.52. The number of rotatable bonds is 1. The van der Waals surface area contributed by atoms with E-state index in [1.54, 1.807) is 6.07 Å². The van der Waals surface area contributed by atoms with Gasteiger partial charge in [-0.05, 0) is 41.6 Å². The van der Waals surface area contributed by atoms with Gasteiger partial charge in [-0.25, -0.2) is 0 Å². The maximum absolute atomic E-state index is 5.89. The molecular weight excluding hydrogens is 211 g/mol. The Kier molecular flexibility index (Phi) is 3.34. The van der Waals surface area contributed by atoms with Crippen LogP contribution in [0.15, 0.2) is 17.0 Å². The lowest BCUT2D eigenvalue weighted by Gasteiger charge is -2.03. The zero-order valence-corrected chi connectivity index (χ0v) is 8.72. The van der Waals surface area contributed by atoms with Crippen molar-refractivity contribution in [3.63, 3.8) is 0 Å². The van der Waals surface area contributed by atoms with E-state index in [0.717, 1.165) is 10.5 Å². The fourth-order valence-electron chi connectivity index (χ4n) is 0.792. The van der Waals surface area contributed by atoms with Crippen LogP contribution in [0.5, 0.6) is 0 Å². The van der Waals surface area contributed by atoms with Crippen LogP contribution in [0.4, 0.5) is 0 Å². The number of thioether (sulfide) groups is 1. The first-order chi connectivity index (χ1) is 5.65. The predicted molar refractivity (Wildman–Crippen MR) is 55.9 cm³/mol. The minimum Gasteiger partial charge on any atom is -0.108 e. The van der Waals surface area contributed by atoms with E-state index in [0.29, 0.717) is 10.0 Å². The van der Waals surface area contributed by atoms with Crippen LogP contribution in [0.2, 0.25) is 10.0 Å². The van der Waals surface area contributed by atoms with E-state index in [4.69, 9.17) is 29.6 Å². The van der Waals surface area contributed by atoms with Gasteiger partial charge < -0.3 is 0 Å². The summed E-state index contributed by atoms with van der Waals surface area (Å²) in [7, 11) is 0. The quantitative estimate of drug-likeness (QED) is 0.506. The maximum Gasteiger partial charge on any atom is 0.0461 e. The minimum absolute atomic E-state index is 0.614. The monoisotopic (exact) mass is 216 g/mol. The standard InChI is InChI=1S/C9H6Cl2S/c1-3-12-9-5-7(10)4-8(11)6(9)2/h1,4-5H,2H3. The predicted octanol–water partition coefficient (Wildman–Crippen LogP) is 3.98. The number of terminal acetylenes is 1. The van der Waals surface area contributed by atoms with Crippen molar-refractivity contribution in [1.82, 2.24) is 0 Å². The van der Waals surface area contributed by atoms with Gasteiger partial charge in [0.05, 0.1) is 0 Å². The third kappa shape index (κ3) is 2.10. The molecule has 12 heavy (non-hydrogen) atoms. The Labute approximate surface area is 86.3 Å².